The maximum absolute atomic E-state index is 13.9. The summed E-state index contributed by atoms with van der Waals surface area (Å²) < 4.78 is 28.3. The fraction of sp³-hybridized carbons (Fsp3) is 0.286. The number of benzene rings is 2. The molecule has 146 valence electrons. The van der Waals surface area contributed by atoms with Crippen molar-refractivity contribution in [1.82, 2.24) is 9.78 Å². The van der Waals surface area contributed by atoms with Crippen molar-refractivity contribution < 1.29 is 13.6 Å². The molecule has 0 saturated heterocycles. The van der Waals surface area contributed by atoms with Gasteiger partial charge in [0.05, 0.1) is 11.1 Å². The minimum absolute atomic E-state index is 0.0226. The predicted molar refractivity (Wildman–Crippen MR) is 104 cm³/mol. The van der Waals surface area contributed by atoms with E-state index < -0.39 is 17.5 Å². The number of fused-ring (bicyclic) bond motifs is 1. The van der Waals surface area contributed by atoms with Gasteiger partial charge in [-0.2, -0.15) is 5.10 Å². The van der Waals surface area contributed by atoms with Gasteiger partial charge in [0.25, 0.3) is 11.5 Å². The second-order valence-corrected chi connectivity index (χ2v) is 6.56. The molecule has 1 heterocycles. The quantitative estimate of drug-likeness (QED) is 0.609. The normalized spacial score (nSPS) is 11.0. The fourth-order valence-electron chi connectivity index (χ4n) is 3.02. The van der Waals surface area contributed by atoms with E-state index in [-0.39, 0.29) is 16.9 Å². The van der Waals surface area contributed by atoms with Gasteiger partial charge in [-0.3, -0.25) is 9.59 Å². The fourth-order valence-corrected chi connectivity index (χ4v) is 3.02. The van der Waals surface area contributed by atoms with E-state index in [1.165, 1.54) is 4.68 Å². The second kappa shape index (κ2) is 8.73. The van der Waals surface area contributed by atoms with Gasteiger partial charge in [-0.15, -0.1) is 0 Å². The Labute approximate surface area is 161 Å². The zero-order valence-electron chi connectivity index (χ0n) is 15.5. The predicted octanol–water partition coefficient (Wildman–Crippen LogP) is 4.51. The molecule has 0 aliphatic rings. The zero-order valence-corrected chi connectivity index (χ0v) is 15.5. The standard InChI is InChI=1S/C21H21F2N3O2/c1-2-3-4-7-12-26-21(28)16-9-6-5-8-15(16)19(25-26)20(27)24-18-11-10-14(22)13-17(18)23/h5-6,8-11,13H,2-4,7,12H2,1H3,(H,24,27). The van der Waals surface area contributed by atoms with Crippen molar-refractivity contribution in [3.05, 3.63) is 70.1 Å². The van der Waals surface area contributed by atoms with Crippen LogP contribution in [0.4, 0.5) is 14.5 Å². The van der Waals surface area contributed by atoms with Gasteiger partial charge in [0.1, 0.15) is 11.6 Å². The highest BCUT2D eigenvalue weighted by Crippen LogP contribution is 2.18. The zero-order chi connectivity index (χ0) is 20.1. The first kappa shape index (κ1) is 19.7. The van der Waals surface area contributed by atoms with Crippen LogP contribution in [0.5, 0.6) is 0 Å². The maximum Gasteiger partial charge on any atom is 0.276 e. The molecule has 0 aliphatic carbocycles. The van der Waals surface area contributed by atoms with E-state index in [9.17, 15) is 18.4 Å². The van der Waals surface area contributed by atoms with Gasteiger partial charge in [0, 0.05) is 18.0 Å². The monoisotopic (exact) mass is 385 g/mol. The number of carbonyl (C=O) groups is 1. The average Bonchev–Trinajstić information content (AvgIpc) is 2.69. The van der Waals surface area contributed by atoms with E-state index in [1.54, 1.807) is 24.3 Å². The summed E-state index contributed by atoms with van der Waals surface area (Å²) in [4.78, 5) is 25.4. The van der Waals surface area contributed by atoms with Gasteiger partial charge in [-0.1, -0.05) is 44.4 Å². The molecule has 1 N–H and O–H groups in total. The molecule has 0 saturated carbocycles. The number of aryl methyl sites for hydroxylation is 1. The molecule has 1 amide bonds. The molecule has 0 spiro atoms. The van der Waals surface area contributed by atoms with Crippen molar-refractivity contribution in [3.63, 3.8) is 0 Å². The molecular weight excluding hydrogens is 364 g/mol. The summed E-state index contributed by atoms with van der Waals surface area (Å²) in [5.74, 6) is -2.28. The molecular formula is C21H21F2N3O2. The van der Waals surface area contributed by atoms with Crippen LogP contribution in [0.3, 0.4) is 0 Å². The van der Waals surface area contributed by atoms with Gasteiger partial charge in [0.2, 0.25) is 0 Å². The third-order valence-corrected chi connectivity index (χ3v) is 4.49. The summed E-state index contributed by atoms with van der Waals surface area (Å²) in [6.07, 6.45) is 3.85. The van der Waals surface area contributed by atoms with Crippen molar-refractivity contribution in [2.45, 2.75) is 39.2 Å². The molecule has 0 fully saturated rings. The van der Waals surface area contributed by atoms with E-state index in [1.807, 2.05) is 0 Å². The Morgan fingerprint density at radius 2 is 1.82 bits per heavy atom. The highest BCUT2D eigenvalue weighted by molar-refractivity contribution is 6.11. The van der Waals surface area contributed by atoms with Gasteiger partial charge in [-0.25, -0.2) is 13.5 Å². The van der Waals surface area contributed by atoms with Crippen molar-refractivity contribution in [3.8, 4) is 0 Å². The minimum atomic E-state index is -0.884. The van der Waals surface area contributed by atoms with Crippen molar-refractivity contribution >= 4 is 22.4 Å². The Bertz CT molecular complexity index is 1060. The van der Waals surface area contributed by atoms with Gasteiger partial charge in [-0.05, 0) is 24.6 Å². The SMILES string of the molecule is CCCCCCn1nc(C(=O)Nc2ccc(F)cc2F)c2ccccc2c1=O. The molecule has 28 heavy (non-hydrogen) atoms. The number of nitrogens with zero attached hydrogens (tertiary/aromatic N) is 2. The molecule has 5 nitrogen and oxygen atoms in total. The number of unbranched alkanes of at least 4 members (excludes halogenated alkanes) is 3. The van der Waals surface area contributed by atoms with Crippen molar-refractivity contribution in [2.75, 3.05) is 5.32 Å². The summed E-state index contributed by atoms with van der Waals surface area (Å²) in [7, 11) is 0. The van der Waals surface area contributed by atoms with Crippen LogP contribution in [0, 0.1) is 11.6 Å². The van der Waals surface area contributed by atoms with E-state index >= 15 is 0 Å². The molecule has 2 aromatic carbocycles. The molecule has 3 rings (SSSR count). The molecule has 0 bridgehead atoms. The van der Waals surface area contributed by atoms with Crippen LogP contribution in [0.15, 0.2) is 47.3 Å². The Morgan fingerprint density at radius 3 is 2.54 bits per heavy atom. The number of hydrogen-bond acceptors (Lipinski definition) is 3. The number of aromatic nitrogens is 2. The van der Waals surface area contributed by atoms with Gasteiger partial charge < -0.3 is 5.32 Å². The van der Waals surface area contributed by atoms with Crippen LogP contribution >= 0.6 is 0 Å². The highest BCUT2D eigenvalue weighted by Gasteiger charge is 2.18. The number of anilines is 1. The third kappa shape index (κ3) is 4.24. The maximum atomic E-state index is 13.9. The van der Waals surface area contributed by atoms with Crippen LogP contribution in [-0.2, 0) is 6.54 Å². The lowest BCUT2D eigenvalue weighted by atomic mass is 10.1. The van der Waals surface area contributed by atoms with Crippen LogP contribution < -0.4 is 10.9 Å². The lowest BCUT2D eigenvalue weighted by Crippen LogP contribution is -2.28. The number of rotatable bonds is 7. The third-order valence-electron chi connectivity index (χ3n) is 4.49. The van der Waals surface area contributed by atoms with Crippen LogP contribution in [0.2, 0.25) is 0 Å². The average molecular weight is 385 g/mol. The van der Waals surface area contributed by atoms with E-state index in [0.717, 1.165) is 37.8 Å². The summed E-state index contributed by atoms with van der Waals surface area (Å²) in [5, 5.41) is 7.41. The molecule has 0 unspecified atom stereocenters. The first-order chi connectivity index (χ1) is 13.5. The topological polar surface area (TPSA) is 64.0 Å². The largest absolute Gasteiger partial charge is 0.318 e. The van der Waals surface area contributed by atoms with Crippen LogP contribution in [-0.4, -0.2) is 15.7 Å². The van der Waals surface area contributed by atoms with Gasteiger partial charge >= 0.3 is 0 Å². The second-order valence-electron chi connectivity index (χ2n) is 6.56. The highest BCUT2D eigenvalue weighted by atomic mass is 19.1. The van der Waals surface area contributed by atoms with E-state index in [0.29, 0.717) is 23.4 Å². The number of carbonyl (C=O) groups excluding carboxylic acids is 1. The lowest BCUT2D eigenvalue weighted by Gasteiger charge is -2.12. The molecule has 7 heteroatoms. The lowest BCUT2D eigenvalue weighted by molar-refractivity contribution is 0.102. The summed E-state index contributed by atoms with van der Waals surface area (Å²) in [6, 6.07) is 9.56. The Hall–Kier alpha value is -3.09. The smallest absolute Gasteiger partial charge is 0.276 e. The molecule has 3 aromatic rings. The Balaban J connectivity index is 1.97. The van der Waals surface area contributed by atoms with E-state index in [2.05, 4.69) is 17.3 Å². The molecule has 1 aromatic heterocycles. The Kier molecular flexibility index (Phi) is 6.13. The molecule has 0 atom stereocenters. The Morgan fingerprint density at radius 1 is 1.07 bits per heavy atom. The number of nitrogens with one attached hydrogen (secondary N) is 1. The number of halogens is 2. The van der Waals surface area contributed by atoms with Crippen molar-refractivity contribution in [1.29, 1.82) is 0 Å². The van der Waals surface area contributed by atoms with Crippen molar-refractivity contribution in [2.24, 2.45) is 0 Å². The summed E-state index contributed by atoms with van der Waals surface area (Å²) in [6.45, 7) is 2.49. The molecule has 0 aliphatic heterocycles. The number of hydrogen-bond donors (Lipinski definition) is 1. The van der Waals surface area contributed by atoms with Gasteiger partial charge in [0.15, 0.2) is 5.69 Å². The number of amides is 1. The van der Waals surface area contributed by atoms with E-state index in [4.69, 9.17) is 0 Å². The molecule has 0 radical (unpaired) electrons. The summed E-state index contributed by atoms with van der Waals surface area (Å²) >= 11 is 0. The minimum Gasteiger partial charge on any atom is -0.318 e. The van der Waals surface area contributed by atoms with Crippen LogP contribution in [0.25, 0.3) is 10.8 Å². The summed E-state index contributed by atoms with van der Waals surface area (Å²) in [5.41, 5.74) is -0.399. The first-order valence-electron chi connectivity index (χ1n) is 9.27. The first-order valence-corrected chi connectivity index (χ1v) is 9.27. The van der Waals surface area contributed by atoms with Crippen LogP contribution in [0.1, 0.15) is 43.1 Å².